The van der Waals surface area contributed by atoms with Crippen LogP contribution in [0.15, 0.2) is 48.7 Å². The van der Waals surface area contributed by atoms with Crippen molar-refractivity contribution in [1.82, 2.24) is 19.6 Å². The number of hydrogen-bond donors (Lipinski definition) is 0. The van der Waals surface area contributed by atoms with Gasteiger partial charge in [-0.1, -0.05) is 30.3 Å². The third-order valence-corrected chi connectivity index (χ3v) is 8.22. The summed E-state index contributed by atoms with van der Waals surface area (Å²) in [5, 5.41) is 13.4. The first-order chi connectivity index (χ1) is 18.3. The van der Waals surface area contributed by atoms with Crippen LogP contribution in [0.3, 0.4) is 0 Å². The minimum atomic E-state index is -4.61. The van der Waals surface area contributed by atoms with Gasteiger partial charge in [0, 0.05) is 48.3 Å². The van der Waals surface area contributed by atoms with Crippen LogP contribution in [-0.4, -0.2) is 51.7 Å². The zero-order chi connectivity index (χ0) is 26.9. The van der Waals surface area contributed by atoms with Gasteiger partial charge < -0.3 is 4.90 Å². The molecular formula is C28H28F3N5OS. The minimum Gasteiger partial charge on any atom is -0.333 e. The van der Waals surface area contributed by atoms with Crippen LogP contribution in [0.5, 0.6) is 0 Å². The summed E-state index contributed by atoms with van der Waals surface area (Å²) in [5.41, 5.74) is 1.08. The highest BCUT2D eigenvalue weighted by atomic mass is 32.1. The molecular weight excluding hydrogens is 511 g/mol. The Balaban J connectivity index is 1.52. The predicted molar refractivity (Wildman–Crippen MR) is 139 cm³/mol. The number of aromatic nitrogens is 2. The van der Waals surface area contributed by atoms with Gasteiger partial charge in [0.1, 0.15) is 10.9 Å². The summed E-state index contributed by atoms with van der Waals surface area (Å²) in [6.45, 7) is 5.51. The molecule has 198 valence electrons. The number of rotatable bonds is 6. The molecule has 10 heteroatoms. The van der Waals surface area contributed by atoms with E-state index >= 15 is 0 Å². The number of fused-ring (bicyclic) bond motifs is 1. The minimum absolute atomic E-state index is 0.0150. The molecule has 0 bridgehead atoms. The number of alkyl halides is 3. The molecule has 1 atom stereocenters. The number of likely N-dealkylation sites (tertiary alicyclic amines) is 1. The molecule has 6 nitrogen and oxygen atoms in total. The van der Waals surface area contributed by atoms with E-state index in [2.05, 4.69) is 16.1 Å². The zero-order valence-electron chi connectivity index (χ0n) is 21.0. The van der Waals surface area contributed by atoms with Crippen molar-refractivity contribution in [3.63, 3.8) is 0 Å². The van der Waals surface area contributed by atoms with Crippen LogP contribution >= 0.6 is 11.3 Å². The first-order valence-corrected chi connectivity index (χ1v) is 13.5. The van der Waals surface area contributed by atoms with E-state index in [9.17, 15) is 23.2 Å². The van der Waals surface area contributed by atoms with Gasteiger partial charge in [0.2, 0.25) is 5.91 Å². The maximum absolute atomic E-state index is 14.0. The molecule has 2 aromatic heterocycles. The monoisotopic (exact) mass is 539 g/mol. The van der Waals surface area contributed by atoms with Crippen molar-refractivity contribution in [3.05, 3.63) is 75.3 Å². The highest BCUT2D eigenvalue weighted by Gasteiger charge is 2.39. The summed E-state index contributed by atoms with van der Waals surface area (Å²) in [5.74, 6) is -0.519. The number of nitrogens with zero attached hydrogens (tertiary/aromatic N) is 5. The van der Waals surface area contributed by atoms with Crippen molar-refractivity contribution >= 4 is 17.2 Å². The van der Waals surface area contributed by atoms with Crippen LogP contribution in [0.2, 0.25) is 0 Å². The molecule has 2 aliphatic rings. The number of carbonyl (C=O) groups is 1. The van der Waals surface area contributed by atoms with Crippen LogP contribution in [0.1, 0.15) is 52.3 Å². The van der Waals surface area contributed by atoms with Gasteiger partial charge in [-0.15, -0.1) is 11.3 Å². The number of aryl methyl sites for hydroxylation is 1. The molecule has 0 radical (unpaired) electrons. The van der Waals surface area contributed by atoms with E-state index in [4.69, 9.17) is 0 Å². The van der Waals surface area contributed by atoms with Gasteiger partial charge in [0.25, 0.3) is 0 Å². The fourth-order valence-corrected chi connectivity index (χ4v) is 6.35. The average molecular weight is 540 g/mol. The Bertz CT molecular complexity index is 1390. The van der Waals surface area contributed by atoms with Gasteiger partial charge in [0.05, 0.1) is 6.54 Å². The Hall–Kier alpha value is -3.42. The molecule has 0 spiro atoms. The van der Waals surface area contributed by atoms with Crippen LogP contribution in [0, 0.1) is 11.3 Å². The molecule has 1 amide bonds. The zero-order valence-corrected chi connectivity index (χ0v) is 21.9. The summed E-state index contributed by atoms with van der Waals surface area (Å²) >= 11 is 1.33. The Kier molecular flexibility index (Phi) is 7.41. The second-order valence-electron chi connectivity index (χ2n) is 9.61. The Morgan fingerprint density at radius 3 is 2.68 bits per heavy atom. The molecule has 38 heavy (non-hydrogen) atoms. The number of carbonyl (C=O) groups excluding carboxylic acids is 1. The van der Waals surface area contributed by atoms with E-state index in [0.29, 0.717) is 35.6 Å². The smallest absolute Gasteiger partial charge is 0.333 e. The standard InChI is InChI=1S/C28H28F3N5OS/c1-2-36-17-24(27(33-36)28(29,30)31)21-9-4-3-8-20(21)23-16-35(18-25-22(23)14-19(15-32)38-25)26(37)10-7-13-34-11-5-6-12-34/h3-4,7-10,14,17,23H,2,5-6,11-13,16,18H2,1H3/b10-7+/t23-/m0/s1. The summed E-state index contributed by atoms with van der Waals surface area (Å²) in [6, 6.07) is 11.0. The summed E-state index contributed by atoms with van der Waals surface area (Å²) in [4.78, 5) is 18.6. The predicted octanol–water partition coefficient (Wildman–Crippen LogP) is 5.65. The molecule has 0 aliphatic carbocycles. The van der Waals surface area contributed by atoms with E-state index in [1.54, 1.807) is 36.1 Å². The maximum atomic E-state index is 14.0. The molecule has 5 rings (SSSR count). The Labute approximate surface area is 223 Å². The van der Waals surface area contributed by atoms with Crippen molar-refractivity contribution in [2.75, 3.05) is 26.2 Å². The van der Waals surface area contributed by atoms with Gasteiger partial charge in [0.15, 0.2) is 5.69 Å². The molecule has 0 unspecified atom stereocenters. The number of thiophene rings is 1. The van der Waals surface area contributed by atoms with Crippen LogP contribution < -0.4 is 0 Å². The maximum Gasteiger partial charge on any atom is 0.435 e. The SMILES string of the molecule is CCn1cc(-c2ccccc2[C@@H]2CN(C(=O)/C=C/CN3CCCC3)Cc3sc(C#N)cc32)c(C(F)(F)F)n1. The first-order valence-electron chi connectivity index (χ1n) is 12.7. The van der Waals surface area contributed by atoms with Gasteiger partial charge in [-0.2, -0.15) is 23.5 Å². The number of nitriles is 1. The second kappa shape index (κ2) is 10.8. The molecule has 3 aromatic rings. The fraction of sp³-hybridized carbons (Fsp3) is 0.393. The topological polar surface area (TPSA) is 65.2 Å². The van der Waals surface area contributed by atoms with E-state index < -0.39 is 11.9 Å². The fourth-order valence-electron chi connectivity index (χ4n) is 5.32. The van der Waals surface area contributed by atoms with E-state index in [-0.39, 0.29) is 17.4 Å². The summed E-state index contributed by atoms with van der Waals surface area (Å²) < 4.78 is 43.2. The van der Waals surface area contributed by atoms with Gasteiger partial charge in [-0.3, -0.25) is 14.4 Å². The quantitative estimate of drug-likeness (QED) is 0.380. The Morgan fingerprint density at radius 2 is 1.97 bits per heavy atom. The number of amides is 1. The summed E-state index contributed by atoms with van der Waals surface area (Å²) in [6.07, 6.45) is 2.64. The molecule has 0 N–H and O–H groups in total. The molecule has 4 heterocycles. The normalized spacial score (nSPS) is 18.2. The molecule has 1 saturated heterocycles. The van der Waals surface area contributed by atoms with Gasteiger partial charge >= 0.3 is 6.18 Å². The highest BCUT2D eigenvalue weighted by Crippen LogP contribution is 2.44. The second-order valence-corrected chi connectivity index (χ2v) is 10.8. The first kappa shape index (κ1) is 26.2. The van der Waals surface area contributed by atoms with Gasteiger partial charge in [-0.05, 0) is 55.6 Å². The number of hydrogen-bond acceptors (Lipinski definition) is 5. The molecule has 1 fully saturated rings. The molecule has 0 saturated carbocycles. The lowest BCUT2D eigenvalue weighted by atomic mass is 9.83. The van der Waals surface area contributed by atoms with E-state index in [1.165, 1.54) is 35.1 Å². The van der Waals surface area contributed by atoms with E-state index in [0.717, 1.165) is 30.1 Å². The third-order valence-electron chi connectivity index (χ3n) is 7.18. The average Bonchev–Trinajstić information content (AvgIpc) is 3.67. The summed E-state index contributed by atoms with van der Waals surface area (Å²) in [7, 11) is 0. The number of halogens is 3. The van der Waals surface area contributed by atoms with Gasteiger partial charge in [-0.25, -0.2) is 0 Å². The van der Waals surface area contributed by atoms with Crippen LogP contribution in [0.4, 0.5) is 13.2 Å². The van der Waals surface area contributed by atoms with Crippen molar-refractivity contribution < 1.29 is 18.0 Å². The van der Waals surface area contributed by atoms with Crippen LogP contribution in [-0.2, 0) is 24.1 Å². The van der Waals surface area contributed by atoms with Crippen molar-refractivity contribution in [1.29, 1.82) is 5.26 Å². The highest BCUT2D eigenvalue weighted by molar-refractivity contribution is 7.12. The molecule has 2 aliphatic heterocycles. The number of benzene rings is 1. The third kappa shape index (κ3) is 5.26. The van der Waals surface area contributed by atoms with Crippen LogP contribution in [0.25, 0.3) is 11.1 Å². The molecule has 1 aromatic carbocycles. The van der Waals surface area contributed by atoms with Crippen molar-refractivity contribution in [2.24, 2.45) is 0 Å². The lowest BCUT2D eigenvalue weighted by molar-refractivity contribution is -0.141. The lowest BCUT2D eigenvalue weighted by Gasteiger charge is -2.33. The Morgan fingerprint density at radius 1 is 1.21 bits per heavy atom. The lowest BCUT2D eigenvalue weighted by Crippen LogP contribution is -2.37. The van der Waals surface area contributed by atoms with E-state index in [1.807, 2.05) is 18.2 Å². The van der Waals surface area contributed by atoms with Crippen molar-refractivity contribution in [3.8, 4) is 17.2 Å². The van der Waals surface area contributed by atoms with Crippen molar-refractivity contribution in [2.45, 2.75) is 44.9 Å². The largest absolute Gasteiger partial charge is 0.435 e.